The Kier molecular flexibility index (Phi) is 2.45. The van der Waals surface area contributed by atoms with Gasteiger partial charge in [-0.15, -0.1) is 0 Å². The van der Waals surface area contributed by atoms with Crippen LogP contribution in [0.25, 0.3) is 0 Å². The summed E-state index contributed by atoms with van der Waals surface area (Å²) >= 11 is 0. The second-order valence-electron chi connectivity index (χ2n) is 7.40. The monoisotopic (exact) mass is 262 g/mol. The van der Waals surface area contributed by atoms with Crippen LogP contribution in [0.4, 0.5) is 0 Å². The van der Waals surface area contributed by atoms with E-state index in [2.05, 4.69) is 10.6 Å². The Bertz CT molecular complexity index is 393. The average Bonchev–Trinajstić information content (AvgIpc) is 3.10. The minimum atomic E-state index is -0.418. The Hall–Kier alpha value is -1.06. The molecule has 0 aromatic rings. The molecule has 0 saturated heterocycles. The summed E-state index contributed by atoms with van der Waals surface area (Å²) in [5, 5.41) is 5.89. The van der Waals surface area contributed by atoms with Gasteiger partial charge in [-0.3, -0.25) is 9.59 Å². The van der Waals surface area contributed by atoms with Crippen molar-refractivity contribution >= 4 is 11.8 Å². The number of carbonyl (C=O) groups excluding carboxylic acids is 2. The number of rotatable bonds is 2. The third-order valence-corrected chi connectivity index (χ3v) is 5.54. The maximum absolute atomic E-state index is 12.1. The largest absolute Gasteiger partial charge is 0.345 e. The first-order chi connectivity index (χ1) is 9.12. The van der Waals surface area contributed by atoms with Gasteiger partial charge in [0.25, 0.3) is 0 Å². The average molecular weight is 262 g/mol. The fourth-order valence-corrected chi connectivity index (χ4v) is 5.04. The zero-order valence-electron chi connectivity index (χ0n) is 11.3. The van der Waals surface area contributed by atoms with E-state index in [0.29, 0.717) is 0 Å². The molecular weight excluding hydrogens is 240 g/mol. The molecule has 5 aliphatic carbocycles. The molecule has 5 saturated carbocycles. The smallest absolute Gasteiger partial charge is 0.309 e. The van der Waals surface area contributed by atoms with Gasteiger partial charge in [-0.1, -0.05) is 0 Å². The van der Waals surface area contributed by atoms with Gasteiger partial charge in [-0.05, 0) is 69.1 Å². The van der Waals surface area contributed by atoms with Gasteiger partial charge in [0.1, 0.15) is 0 Å². The highest BCUT2D eigenvalue weighted by atomic mass is 16.2. The van der Waals surface area contributed by atoms with Gasteiger partial charge in [0.05, 0.1) is 0 Å². The number of hydrogen-bond donors (Lipinski definition) is 2. The first-order valence-corrected chi connectivity index (χ1v) is 7.75. The van der Waals surface area contributed by atoms with E-state index in [9.17, 15) is 9.59 Å². The summed E-state index contributed by atoms with van der Waals surface area (Å²) in [7, 11) is 0. The molecule has 0 aromatic heterocycles. The maximum atomic E-state index is 12.1. The molecule has 4 heteroatoms. The van der Waals surface area contributed by atoms with E-state index in [1.54, 1.807) is 0 Å². The van der Waals surface area contributed by atoms with Gasteiger partial charge < -0.3 is 10.6 Å². The van der Waals surface area contributed by atoms with Gasteiger partial charge in [0.15, 0.2) is 0 Å². The highest BCUT2D eigenvalue weighted by Crippen LogP contribution is 2.55. The molecule has 5 fully saturated rings. The third kappa shape index (κ3) is 2.15. The summed E-state index contributed by atoms with van der Waals surface area (Å²) < 4.78 is 0. The Labute approximate surface area is 113 Å². The summed E-state index contributed by atoms with van der Waals surface area (Å²) in [6.07, 6.45) is 9.40. The van der Waals surface area contributed by atoms with Gasteiger partial charge in [0, 0.05) is 11.6 Å². The Morgan fingerprint density at radius 3 is 1.84 bits per heavy atom. The van der Waals surface area contributed by atoms with Gasteiger partial charge in [0.2, 0.25) is 0 Å². The van der Waals surface area contributed by atoms with Crippen LogP contribution in [-0.4, -0.2) is 23.4 Å². The van der Waals surface area contributed by atoms with Crippen LogP contribution < -0.4 is 10.6 Å². The minimum Gasteiger partial charge on any atom is -0.345 e. The summed E-state index contributed by atoms with van der Waals surface area (Å²) in [5.74, 6) is 1.56. The van der Waals surface area contributed by atoms with Crippen molar-refractivity contribution in [2.24, 2.45) is 17.8 Å². The number of carbonyl (C=O) groups is 2. The molecule has 0 spiro atoms. The Morgan fingerprint density at radius 1 is 0.842 bits per heavy atom. The molecule has 104 valence electrons. The second-order valence-corrected chi connectivity index (χ2v) is 7.40. The molecule has 4 bridgehead atoms. The molecule has 0 aliphatic heterocycles. The normalized spacial score (nSPS) is 43.1. The van der Waals surface area contributed by atoms with Crippen molar-refractivity contribution in [2.45, 2.75) is 62.9 Å². The topological polar surface area (TPSA) is 58.2 Å². The molecule has 2 N–H and O–H groups in total. The Morgan fingerprint density at radius 2 is 1.37 bits per heavy atom. The van der Waals surface area contributed by atoms with E-state index >= 15 is 0 Å². The standard InChI is InChI=1S/C15H22N2O2/c18-13(16-12-1-2-12)14(19)17-15-6-9-3-10(7-15)5-11(4-9)8-15/h9-12H,1-8H2,(H,16,18)(H,17,19). The number of hydrogen-bond acceptors (Lipinski definition) is 2. The lowest BCUT2D eigenvalue weighted by Gasteiger charge is -2.56. The highest BCUT2D eigenvalue weighted by Gasteiger charge is 2.52. The lowest BCUT2D eigenvalue weighted by molar-refractivity contribution is -0.142. The van der Waals surface area contributed by atoms with E-state index in [0.717, 1.165) is 49.9 Å². The van der Waals surface area contributed by atoms with Crippen LogP contribution in [0.2, 0.25) is 0 Å². The van der Waals surface area contributed by atoms with Crippen LogP contribution in [0, 0.1) is 17.8 Å². The predicted molar refractivity (Wildman–Crippen MR) is 70.2 cm³/mol. The quantitative estimate of drug-likeness (QED) is 0.738. The van der Waals surface area contributed by atoms with Crippen LogP contribution in [0.3, 0.4) is 0 Å². The molecule has 0 radical (unpaired) electrons. The van der Waals surface area contributed by atoms with Crippen LogP contribution in [0.15, 0.2) is 0 Å². The van der Waals surface area contributed by atoms with Crippen LogP contribution in [0.5, 0.6) is 0 Å². The summed E-state index contributed by atoms with van der Waals surface area (Å²) in [6.45, 7) is 0. The van der Waals surface area contributed by atoms with Crippen molar-refractivity contribution in [2.75, 3.05) is 0 Å². The molecule has 5 rings (SSSR count). The minimum absolute atomic E-state index is 0.0489. The van der Waals surface area contributed by atoms with E-state index in [-0.39, 0.29) is 11.6 Å². The lowest BCUT2D eigenvalue weighted by Crippen LogP contribution is -2.61. The van der Waals surface area contributed by atoms with Crippen molar-refractivity contribution in [3.05, 3.63) is 0 Å². The summed E-state index contributed by atoms with van der Waals surface area (Å²) in [6, 6.07) is 0.259. The summed E-state index contributed by atoms with van der Waals surface area (Å²) in [5.41, 5.74) is -0.0489. The number of nitrogens with one attached hydrogen (secondary N) is 2. The first kappa shape index (κ1) is 11.7. The Balaban J connectivity index is 1.43. The fourth-order valence-electron chi connectivity index (χ4n) is 5.04. The molecule has 0 atom stereocenters. The zero-order valence-corrected chi connectivity index (χ0v) is 11.3. The van der Waals surface area contributed by atoms with Crippen LogP contribution >= 0.6 is 0 Å². The number of amides is 2. The summed E-state index contributed by atoms with van der Waals surface area (Å²) in [4.78, 5) is 23.9. The van der Waals surface area contributed by atoms with Crippen molar-refractivity contribution < 1.29 is 9.59 Å². The molecule has 2 amide bonds. The molecule has 0 unspecified atom stereocenters. The SMILES string of the molecule is O=C(NC1CC1)C(=O)NC12CC3CC(CC(C3)C1)C2. The second kappa shape index (κ2) is 3.97. The van der Waals surface area contributed by atoms with Crippen molar-refractivity contribution in [1.29, 1.82) is 0 Å². The van der Waals surface area contributed by atoms with Crippen molar-refractivity contribution in [3.63, 3.8) is 0 Å². The van der Waals surface area contributed by atoms with Crippen LogP contribution in [-0.2, 0) is 9.59 Å². The third-order valence-electron chi connectivity index (χ3n) is 5.54. The molecule has 0 heterocycles. The molecule has 0 aromatic carbocycles. The van der Waals surface area contributed by atoms with Gasteiger partial charge in [-0.2, -0.15) is 0 Å². The van der Waals surface area contributed by atoms with E-state index in [1.165, 1.54) is 19.3 Å². The van der Waals surface area contributed by atoms with Crippen molar-refractivity contribution in [1.82, 2.24) is 10.6 Å². The first-order valence-electron chi connectivity index (χ1n) is 7.75. The molecule has 4 nitrogen and oxygen atoms in total. The molecule has 19 heavy (non-hydrogen) atoms. The van der Waals surface area contributed by atoms with E-state index in [1.807, 2.05) is 0 Å². The molecule has 5 aliphatic rings. The highest BCUT2D eigenvalue weighted by molar-refractivity contribution is 6.35. The van der Waals surface area contributed by atoms with E-state index < -0.39 is 11.8 Å². The fraction of sp³-hybridized carbons (Fsp3) is 0.867. The predicted octanol–water partition coefficient (Wildman–Crippen LogP) is 1.35. The van der Waals surface area contributed by atoms with Gasteiger partial charge >= 0.3 is 11.8 Å². The van der Waals surface area contributed by atoms with E-state index in [4.69, 9.17) is 0 Å². The van der Waals surface area contributed by atoms with Crippen LogP contribution in [0.1, 0.15) is 51.4 Å². The van der Waals surface area contributed by atoms with Crippen molar-refractivity contribution in [3.8, 4) is 0 Å². The molecular formula is C15H22N2O2. The lowest BCUT2D eigenvalue weighted by atomic mass is 9.53. The maximum Gasteiger partial charge on any atom is 0.309 e. The van der Waals surface area contributed by atoms with Gasteiger partial charge in [-0.25, -0.2) is 0 Å². The zero-order chi connectivity index (χ0) is 13.0.